The summed E-state index contributed by atoms with van der Waals surface area (Å²) >= 11 is 0. The molecule has 4 nitrogen and oxygen atoms in total. The number of benzene rings is 2. The fourth-order valence-electron chi connectivity index (χ4n) is 2.84. The fraction of sp³-hybridized carbons (Fsp3) is 0.211. The van der Waals surface area contributed by atoms with E-state index in [1.54, 1.807) is 0 Å². The van der Waals surface area contributed by atoms with Crippen LogP contribution >= 0.6 is 0 Å². The lowest BCUT2D eigenvalue weighted by molar-refractivity contribution is -0.153. The molecular formula is C19H16F3NO3. The van der Waals surface area contributed by atoms with Crippen LogP contribution in [0.15, 0.2) is 52.9 Å². The molecule has 1 amide bonds. The minimum Gasteiger partial charge on any atom is -0.465 e. The van der Waals surface area contributed by atoms with E-state index in [0.29, 0.717) is 0 Å². The number of alkyl halides is 3. The Morgan fingerprint density at radius 3 is 2.46 bits per heavy atom. The second kappa shape index (κ2) is 6.74. The van der Waals surface area contributed by atoms with Gasteiger partial charge in [0.2, 0.25) is 5.76 Å². The van der Waals surface area contributed by atoms with Crippen LogP contribution < -0.4 is 0 Å². The molecule has 26 heavy (non-hydrogen) atoms. The molecule has 0 radical (unpaired) electrons. The summed E-state index contributed by atoms with van der Waals surface area (Å²) in [7, 11) is 0. The normalized spacial score (nSPS) is 11.7. The maximum atomic E-state index is 12.6. The van der Waals surface area contributed by atoms with E-state index in [4.69, 9.17) is 4.42 Å². The van der Waals surface area contributed by atoms with E-state index in [2.05, 4.69) is 0 Å². The first-order valence-electron chi connectivity index (χ1n) is 7.86. The van der Waals surface area contributed by atoms with Crippen molar-refractivity contribution in [3.05, 3.63) is 71.2 Å². The first-order valence-corrected chi connectivity index (χ1v) is 7.86. The Balaban J connectivity index is 1.90. The third-order valence-electron chi connectivity index (χ3n) is 4.18. The lowest BCUT2D eigenvalue weighted by atomic mass is 9.99. The van der Waals surface area contributed by atoms with Gasteiger partial charge in [-0.25, -0.2) is 4.79 Å². The molecule has 1 heterocycles. The number of rotatable bonds is 4. The SMILES string of the molecule is Cc1ccc2ccccc2c1CN(Cc1ccc(C(F)(F)F)o1)C(=O)O. The number of aryl methyl sites for hydroxylation is 1. The monoisotopic (exact) mass is 363 g/mol. The molecule has 3 aromatic rings. The molecule has 136 valence electrons. The number of hydrogen-bond acceptors (Lipinski definition) is 2. The van der Waals surface area contributed by atoms with Gasteiger partial charge >= 0.3 is 12.3 Å². The van der Waals surface area contributed by atoms with Gasteiger partial charge in [0.05, 0.1) is 13.1 Å². The van der Waals surface area contributed by atoms with Crippen LogP contribution in [0.4, 0.5) is 18.0 Å². The minimum absolute atomic E-state index is 0.0462. The van der Waals surface area contributed by atoms with Crippen molar-refractivity contribution in [2.45, 2.75) is 26.2 Å². The van der Waals surface area contributed by atoms with Gasteiger partial charge in [-0.3, -0.25) is 4.90 Å². The summed E-state index contributed by atoms with van der Waals surface area (Å²) in [6, 6.07) is 13.4. The molecule has 0 atom stereocenters. The number of halogens is 3. The first kappa shape index (κ1) is 17.8. The fourth-order valence-corrected chi connectivity index (χ4v) is 2.84. The molecule has 0 aliphatic heterocycles. The summed E-state index contributed by atoms with van der Waals surface area (Å²) in [5.74, 6) is -1.20. The van der Waals surface area contributed by atoms with Crippen molar-refractivity contribution in [2.75, 3.05) is 0 Å². The zero-order valence-corrected chi connectivity index (χ0v) is 13.9. The average Bonchev–Trinajstić information content (AvgIpc) is 3.05. The number of furan rings is 1. The van der Waals surface area contributed by atoms with Crippen LogP contribution in [0.2, 0.25) is 0 Å². The van der Waals surface area contributed by atoms with E-state index in [1.165, 1.54) is 0 Å². The van der Waals surface area contributed by atoms with Gasteiger partial charge in [-0.2, -0.15) is 13.2 Å². The molecule has 0 unspecified atom stereocenters. The summed E-state index contributed by atoms with van der Waals surface area (Å²) < 4.78 is 42.7. The third kappa shape index (κ3) is 3.66. The zero-order chi connectivity index (χ0) is 18.9. The van der Waals surface area contributed by atoms with E-state index >= 15 is 0 Å². The number of hydrogen-bond donors (Lipinski definition) is 1. The Morgan fingerprint density at radius 2 is 1.81 bits per heavy atom. The molecule has 1 N–H and O–H groups in total. The van der Waals surface area contributed by atoms with Gasteiger partial charge in [-0.1, -0.05) is 36.4 Å². The first-order chi connectivity index (χ1) is 12.3. The quantitative estimate of drug-likeness (QED) is 0.671. The minimum atomic E-state index is -4.60. The molecule has 3 rings (SSSR count). The molecule has 0 saturated heterocycles. The molecular weight excluding hydrogens is 347 g/mol. The summed E-state index contributed by atoms with van der Waals surface area (Å²) in [6.07, 6.45) is -5.83. The van der Waals surface area contributed by atoms with Crippen LogP contribution in [-0.4, -0.2) is 16.1 Å². The van der Waals surface area contributed by atoms with Crippen LogP contribution in [0.3, 0.4) is 0 Å². The van der Waals surface area contributed by atoms with Crippen molar-refractivity contribution < 1.29 is 27.5 Å². The van der Waals surface area contributed by atoms with Crippen molar-refractivity contribution in [2.24, 2.45) is 0 Å². The third-order valence-corrected chi connectivity index (χ3v) is 4.18. The molecule has 0 aliphatic rings. The molecule has 0 spiro atoms. The van der Waals surface area contributed by atoms with Gasteiger partial charge in [0.1, 0.15) is 5.76 Å². The number of fused-ring (bicyclic) bond motifs is 1. The van der Waals surface area contributed by atoms with Crippen molar-refractivity contribution in [1.29, 1.82) is 0 Å². The van der Waals surface area contributed by atoms with Crippen molar-refractivity contribution in [1.82, 2.24) is 4.90 Å². The van der Waals surface area contributed by atoms with Crippen LogP contribution in [0.1, 0.15) is 22.6 Å². The van der Waals surface area contributed by atoms with Crippen LogP contribution in [0, 0.1) is 6.92 Å². The highest BCUT2D eigenvalue weighted by Gasteiger charge is 2.35. The maximum Gasteiger partial charge on any atom is 0.449 e. The van der Waals surface area contributed by atoms with Gasteiger partial charge in [0.25, 0.3) is 0 Å². The highest BCUT2D eigenvalue weighted by molar-refractivity contribution is 5.87. The maximum absolute atomic E-state index is 12.6. The Hall–Kier alpha value is -2.96. The molecule has 2 aromatic carbocycles. The summed E-state index contributed by atoms with van der Waals surface area (Å²) in [4.78, 5) is 12.7. The predicted molar refractivity (Wildman–Crippen MR) is 89.7 cm³/mol. The average molecular weight is 363 g/mol. The van der Waals surface area contributed by atoms with Gasteiger partial charge in [-0.15, -0.1) is 0 Å². The number of nitrogens with zero attached hydrogens (tertiary/aromatic N) is 1. The van der Waals surface area contributed by atoms with E-state index in [9.17, 15) is 23.1 Å². The van der Waals surface area contributed by atoms with E-state index in [1.807, 2.05) is 43.3 Å². The highest BCUT2D eigenvalue weighted by Crippen LogP contribution is 2.31. The van der Waals surface area contributed by atoms with E-state index in [0.717, 1.165) is 38.9 Å². The van der Waals surface area contributed by atoms with Crippen LogP contribution in [0.25, 0.3) is 10.8 Å². The van der Waals surface area contributed by atoms with E-state index in [-0.39, 0.29) is 18.8 Å². The molecule has 7 heteroatoms. The lowest BCUT2D eigenvalue weighted by Crippen LogP contribution is -2.28. The van der Waals surface area contributed by atoms with Crippen molar-refractivity contribution in [3.63, 3.8) is 0 Å². The van der Waals surface area contributed by atoms with Crippen molar-refractivity contribution >= 4 is 16.9 Å². The summed E-state index contributed by atoms with van der Waals surface area (Å²) in [5.41, 5.74) is 1.72. The molecule has 1 aromatic heterocycles. The second-order valence-electron chi connectivity index (χ2n) is 5.98. The Morgan fingerprint density at radius 1 is 1.08 bits per heavy atom. The van der Waals surface area contributed by atoms with Gasteiger partial charge in [0.15, 0.2) is 0 Å². The van der Waals surface area contributed by atoms with Crippen molar-refractivity contribution in [3.8, 4) is 0 Å². The standard InChI is InChI=1S/C19H16F3NO3/c1-12-6-7-13-4-2-3-5-15(13)16(12)11-23(18(24)25)10-14-8-9-17(26-14)19(20,21)22/h2-9H,10-11H2,1H3,(H,24,25). The molecule has 0 saturated carbocycles. The Kier molecular flexibility index (Phi) is 4.63. The van der Waals surface area contributed by atoms with Gasteiger partial charge in [-0.05, 0) is 41.0 Å². The smallest absolute Gasteiger partial charge is 0.449 e. The van der Waals surface area contributed by atoms with Crippen LogP contribution in [0.5, 0.6) is 0 Å². The molecule has 0 fully saturated rings. The van der Waals surface area contributed by atoms with Gasteiger partial charge in [0, 0.05) is 0 Å². The largest absolute Gasteiger partial charge is 0.465 e. The topological polar surface area (TPSA) is 53.7 Å². The Labute approximate surface area is 147 Å². The highest BCUT2D eigenvalue weighted by atomic mass is 19.4. The number of amides is 1. The zero-order valence-electron chi connectivity index (χ0n) is 13.9. The van der Waals surface area contributed by atoms with Gasteiger partial charge < -0.3 is 9.52 Å². The summed E-state index contributed by atoms with van der Waals surface area (Å²) in [6.45, 7) is 1.65. The lowest BCUT2D eigenvalue weighted by Gasteiger charge is -2.20. The molecule has 0 bridgehead atoms. The second-order valence-corrected chi connectivity index (χ2v) is 5.98. The number of carbonyl (C=O) groups is 1. The molecule has 0 aliphatic carbocycles. The van der Waals surface area contributed by atoms with E-state index < -0.39 is 18.0 Å². The summed E-state index contributed by atoms with van der Waals surface area (Å²) in [5, 5.41) is 11.4. The number of carboxylic acid groups (broad SMARTS) is 1. The Bertz CT molecular complexity index is 947. The van der Waals surface area contributed by atoms with Crippen LogP contribution in [-0.2, 0) is 19.3 Å². The predicted octanol–water partition coefficient (Wildman–Crippen LogP) is 5.44.